The summed E-state index contributed by atoms with van der Waals surface area (Å²) in [5.74, 6) is 0. The third-order valence-electron chi connectivity index (χ3n) is 0.0556. The van der Waals surface area contributed by atoms with Crippen LogP contribution in [0, 0.1) is 0 Å². The molecular weight excluding hydrogens is 200 g/mol. The highest BCUT2D eigenvalue weighted by atomic mass is 16.6. The Balaban J connectivity index is -0.0000000156. The van der Waals surface area contributed by atoms with Crippen molar-refractivity contribution in [2.75, 3.05) is 0 Å². The predicted octanol–water partition coefficient (Wildman–Crippen LogP) is -0.689. The smallest absolute Gasteiger partial charge is 0.450 e. The van der Waals surface area contributed by atoms with Gasteiger partial charge in [-0.25, -0.2) is 4.79 Å². The lowest BCUT2D eigenvalue weighted by molar-refractivity contribution is -0.122. The van der Waals surface area contributed by atoms with Crippen LogP contribution in [-0.2, 0) is 14.4 Å². The fourth-order valence-electron chi connectivity index (χ4n) is 0. The molecule has 0 heterocycles. The predicted molar refractivity (Wildman–Crippen MR) is 48.2 cm³/mol. The Morgan fingerprint density at radius 3 is 1.07 bits per heavy atom. The van der Waals surface area contributed by atoms with Gasteiger partial charge in [0, 0.05) is 0 Å². The van der Waals surface area contributed by atoms with E-state index in [0.29, 0.717) is 0 Å². The maximum atomic E-state index is 8.81. The van der Waals surface area contributed by atoms with E-state index >= 15 is 0 Å². The summed E-state index contributed by atoms with van der Waals surface area (Å²) in [6, 6.07) is 0. The largest absolute Gasteiger partial charge is 0.503 e. The van der Waals surface area contributed by atoms with Gasteiger partial charge in [0.1, 0.15) is 6.29 Å². The van der Waals surface area contributed by atoms with E-state index in [9.17, 15) is 0 Å². The highest BCUT2D eigenvalue weighted by Gasteiger charge is 1.70. The quantitative estimate of drug-likeness (QED) is 0.324. The average molecular weight is 216 g/mol. The molecule has 0 radical (unpaired) electrons. The van der Waals surface area contributed by atoms with Gasteiger partial charge >= 0.3 is 6.16 Å². The minimum Gasteiger partial charge on any atom is -0.450 e. The van der Waals surface area contributed by atoms with Gasteiger partial charge in [-0.1, -0.05) is 0 Å². The lowest BCUT2D eigenvalue weighted by atomic mass is 10.9. The summed E-state index contributed by atoms with van der Waals surface area (Å²) in [6.07, 6.45) is -0.694. The third-order valence-corrected chi connectivity index (χ3v) is 0.0556. The summed E-state index contributed by atoms with van der Waals surface area (Å²) >= 11 is 0. The molecule has 0 saturated heterocycles. The van der Waals surface area contributed by atoms with Crippen molar-refractivity contribution in [3.63, 3.8) is 0 Å². The van der Waals surface area contributed by atoms with E-state index in [1.165, 1.54) is 6.92 Å². The number of hydrogen-bond acceptors (Lipinski definition) is 6. The van der Waals surface area contributed by atoms with E-state index in [-0.39, 0.29) is 30.3 Å². The highest BCUT2D eigenvalue weighted by molar-refractivity contribution is 6.09. The molecule has 0 spiro atoms. The molecule has 88 valence electrons. The second-order valence-electron chi connectivity index (χ2n) is 0.790. The van der Waals surface area contributed by atoms with E-state index in [0.717, 1.165) is 6.29 Å². The van der Waals surface area contributed by atoms with Crippen LogP contribution < -0.4 is 12.3 Å². The fraction of sp³-hybridized carbons (Fsp3) is 0.200. The molecule has 10 N–H and O–H groups in total. The third kappa shape index (κ3) is 1210. The molecular formula is C5H16N2O7. The first-order valence-corrected chi connectivity index (χ1v) is 2.27. The lowest BCUT2D eigenvalue weighted by Crippen LogP contribution is -1.81. The molecule has 9 heteroatoms. The zero-order valence-electron chi connectivity index (χ0n) is 7.67. The molecule has 0 unspecified atom stereocenters. The molecule has 0 aliphatic rings. The van der Waals surface area contributed by atoms with Crippen LogP contribution in [-0.4, -0.2) is 40.7 Å². The molecule has 0 amide bonds. The SMILES string of the molecule is CC=O.N.N.O.O=C(O)O.O=CC=O. The van der Waals surface area contributed by atoms with E-state index in [1.54, 1.807) is 0 Å². The van der Waals surface area contributed by atoms with Crippen molar-refractivity contribution in [2.45, 2.75) is 6.92 Å². The molecule has 0 bridgehead atoms. The second kappa shape index (κ2) is 66.6. The number of rotatable bonds is 1. The van der Waals surface area contributed by atoms with E-state index in [4.69, 9.17) is 29.4 Å². The summed E-state index contributed by atoms with van der Waals surface area (Å²) in [4.78, 5) is 35.0. The monoisotopic (exact) mass is 216 g/mol. The Morgan fingerprint density at radius 2 is 1.07 bits per heavy atom. The van der Waals surface area contributed by atoms with Gasteiger partial charge in [0.25, 0.3) is 0 Å². The zero-order valence-corrected chi connectivity index (χ0v) is 7.67. The first-order valence-electron chi connectivity index (χ1n) is 2.27. The number of carbonyl (C=O) groups is 4. The summed E-state index contributed by atoms with van der Waals surface area (Å²) in [5, 5.41) is 13.9. The van der Waals surface area contributed by atoms with Crippen molar-refractivity contribution in [3.8, 4) is 0 Å². The Morgan fingerprint density at radius 1 is 1.00 bits per heavy atom. The van der Waals surface area contributed by atoms with Crippen molar-refractivity contribution >= 4 is 25.0 Å². The molecule has 0 aromatic rings. The molecule has 0 saturated carbocycles. The van der Waals surface area contributed by atoms with Crippen molar-refractivity contribution in [1.29, 1.82) is 0 Å². The highest BCUT2D eigenvalue weighted by Crippen LogP contribution is 1.42. The Kier molecular flexibility index (Phi) is 190. The van der Waals surface area contributed by atoms with E-state index < -0.39 is 6.16 Å². The number of carbonyl (C=O) groups excluding carboxylic acids is 3. The Labute approximate surface area is 80.2 Å². The number of hydrogen-bond donors (Lipinski definition) is 4. The first kappa shape index (κ1) is 39.9. The molecule has 0 aromatic carbocycles. The van der Waals surface area contributed by atoms with Crippen LogP contribution >= 0.6 is 0 Å². The lowest BCUT2D eigenvalue weighted by Gasteiger charge is -1.60. The van der Waals surface area contributed by atoms with Crippen LogP contribution in [0.2, 0.25) is 0 Å². The Bertz CT molecular complexity index is 117. The van der Waals surface area contributed by atoms with Crippen LogP contribution in [0.3, 0.4) is 0 Å². The summed E-state index contributed by atoms with van der Waals surface area (Å²) < 4.78 is 0. The van der Waals surface area contributed by atoms with Gasteiger partial charge in [-0.2, -0.15) is 0 Å². The summed E-state index contributed by atoms with van der Waals surface area (Å²) in [6.45, 7) is 1.44. The van der Waals surface area contributed by atoms with Crippen molar-refractivity contribution in [1.82, 2.24) is 12.3 Å². The van der Waals surface area contributed by atoms with Gasteiger partial charge in [-0.15, -0.1) is 0 Å². The van der Waals surface area contributed by atoms with Crippen LogP contribution in [0.15, 0.2) is 0 Å². The van der Waals surface area contributed by atoms with Gasteiger partial charge in [0.15, 0.2) is 12.6 Å². The van der Waals surface area contributed by atoms with Crippen LogP contribution in [0.1, 0.15) is 6.92 Å². The molecule has 0 rings (SSSR count). The molecule has 0 aromatic heterocycles. The normalized spacial score (nSPS) is 4.07. The topological polar surface area (TPSA) is 210 Å². The van der Waals surface area contributed by atoms with Crippen LogP contribution in [0.25, 0.3) is 0 Å². The average Bonchev–Trinajstić information content (AvgIpc) is 1.88. The fourth-order valence-corrected chi connectivity index (χ4v) is 0. The Hall–Kier alpha value is -1.84. The maximum Gasteiger partial charge on any atom is 0.503 e. The van der Waals surface area contributed by atoms with Gasteiger partial charge in [0.05, 0.1) is 0 Å². The summed E-state index contributed by atoms with van der Waals surface area (Å²) in [5.41, 5.74) is 0. The van der Waals surface area contributed by atoms with E-state index in [1.807, 2.05) is 0 Å². The van der Waals surface area contributed by atoms with Gasteiger partial charge in [-0.3, -0.25) is 9.59 Å². The minimum absolute atomic E-state index is 0. The van der Waals surface area contributed by atoms with Gasteiger partial charge < -0.3 is 32.8 Å². The van der Waals surface area contributed by atoms with Crippen molar-refractivity contribution in [3.05, 3.63) is 0 Å². The van der Waals surface area contributed by atoms with Crippen molar-refractivity contribution < 1.29 is 34.9 Å². The molecule has 0 aliphatic carbocycles. The standard InChI is InChI=1S/C2H2O2.C2H4O.CH2O3.2H3N.H2O/c3-1-2-4;1-2-3;2-1(3)4;;;/h1-2H;2H,1H3;(H2,2,3,4);2*1H3;1H2. The maximum absolute atomic E-state index is 8.81. The summed E-state index contributed by atoms with van der Waals surface area (Å²) in [7, 11) is 0. The molecule has 0 fully saturated rings. The van der Waals surface area contributed by atoms with Gasteiger partial charge in [-0.05, 0) is 6.92 Å². The van der Waals surface area contributed by atoms with Crippen molar-refractivity contribution in [2.24, 2.45) is 0 Å². The molecule has 14 heavy (non-hydrogen) atoms. The van der Waals surface area contributed by atoms with Gasteiger partial charge in [0.2, 0.25) is 0 Å². The van der Waals surface area contributed by atoms with Crippen LogP contribution in [0.4, 0.5) is 4.79 Å². The zero-order chi connectivity index (χ0) is 9.70. The number of carboxylic acid groups (broad SMARTS) is 2. The van der Waals surface area contributed by atoms with E-state index in [2.05, 4.69) is 0 Å². The minimum atomic E-state index is -1.83. The molecule has 0 atom stereocenters. The second-order valence-corrected chi connectivity index (χ2v) is 0.790. The first-order chi connectivity index (χ1) is 5.06. The van der Waals surface area contributed by atoms with Crippen LogP contribution in [0.5, 0.6) is 0 Å². The number of aldehydes is 3. The molecule has 9 nitrogen and oxygen atoms in total. The molecule has 0 aliphatic heterocycles.